The van der Waals surface area contributed by atoms with Crippen molar-refractivity contribution in [3.63, 3.8) is 0 Å². The maximum absolute atomic E-state index is 12.5. The largest absolute Gasteiger partial charge is 0.496 e. The number of ether oxygens (including phenoxy) is 1. The van der Waals surface area contributed by atoms with Crippen LogP contribution in [0.15, 0.2) is 54.6 Å². The summed E-state index contributed by atoms with van der Waals surface area (Å²) in [5.74, 6) is 1.04. The van der Waals surface area contributed by atoms with E-state index in [0.717, 1.165) is 42.8 Å². The van der Waals surface area contributed by atoms with E-state index in [0.29, 0.717) is 13.1 Å². The van der Waals surface area contributed by atoms with Crippen LogP contribution in [0.2, 0.25) is 0 Å². The molecular formula is C22H26N2O3. The van der Waals surface area contributed by atoms with Crippen molar-refractivity contribution in [2.24, 2.45) is 5.92 Å². The summed E-state index contributed by atoms with van der Waals surface area (Å²) >= 11 is 0. The van der Waals surface area contributed by atoms with Crippen LogP contribution in [-0.2, 0) is 11.3 Å². The molecule has 5 heteroatoms. The van der Waals surface area contributed by atoms with Gasteiger partial charge in [0.05, 0.1) is 13.7 Å². The molecular weight excluding hydrogens is 340 g/mol. The highest BCUT2D eigenvalue weighted by Gasteiger charge is 2.26. The Morgan fingerprint density at radius 3 is 2.41 bits per heavy atom. The molecule has 2 aromatic rings. The Bertz CT molecular complexity index is 768. The van der Waals surface area contributed by atoms with Crippen LogP contribution in [0.25, 0.3) is 0 Å². The van der Waals surface area contributed by atoms with Gasteiger partial charge in [-0.2, -0.15) is 0 Å². The van der Waals surface area contributed by atoms with E-state index < -0.39 is 0 Å². The molecule has 0 saturated carbocycles. The molecule has 1 aliphatic heterocycles. The smallest absolute Gasteiger partial charge is 0.234 e. The van der Waals surface area contributed by atoms with Crippen LogP contribution in [0.1, 0.15) is 28.8 Å². The molecule has 27 heavy (non-hydrogen) atoms. The van der Waals surface area contributed by atoms with Gasteiger partial charge in [-0.25, -0.2) is 0 Å². The highest BCUT2D eigenvalue weighted by Crippen LogP contribution is 2.21. The van der Waals surface area contributed by atoms with Crippen LogP contribution in [0, 0.1) is 5.92 Å². The van der Waals surface area contributed by atoms with Crippen molar-refractivity contribution >= 4 is 11.7 Å². The number of likely N-dealkylation sites (tertiary alicyclic amines) is 1. The zero-order valence-electron chi connectivity index (χ0n) is 15.7. The van der Waals surface area contributed by atoms with Crippen molar-refractivity contribution in [1.29, 1.82) is 0 Å². The molecule has 1 aliphatic rings. The fourth-order valence-corrected chi connectivity index (χ4v) is 3.49. The van der Waals surface area contributed by atoms with Crippen molar-refractivity contribution in [2.75, 3.05) is 26.7 Å². The third-order valence-corrected chi connectivity index (χ3v) is 5.05. The lowest BCUT2D eigenvalue weighted by atomic mass is 9.89. The Kier molecular flexibility index (Phi) is 6.60. The van der Waals surface area contributed by atoms with E-state index in [2.05, 4.69) is 10.2 Å². The van der Waals surface area contributed by atoms with Crippen LogP contribution in [-0.4, -0.2) is 43.3 Å². The Morgan fingerprint density at radius 2 is 1.70 bits per heavy atom. The molecule has 0 aliphatic carbocycles. The lowest BCUT2D eigenvalue weighted by molar-refractivity contribution is -0.122. The normalized spacial score (nSPS) is 15.3. The van der Waals surface area contributed by atoms with Gasteiger partial charge in [0.15, 0.2) is 5.78 Å². The quantitative estimate of drug-likeness (QED) is 0.766. The van der Waals surface area contributed by atoms with E-state index in [1.54, 1.807) is 7.11 Å². The van der Waals surface area contributed by atoms with Gasteiger partial charge in [-0.3, -0.25) is 14.5 Å². The third kappa shape index (κ3) is 5.17. The van der Waals surface area contributed by atoms with E-state index in [1.165, 1.54) is 0 Å². The minimum Gasteiger partial charge on any atom is -0.496 e. The molecule has 0 atom stereocenters. The summed E-state index contributed by atoms with van der Waals surface area (Å²) < 4.78 is 5.30. The molecule has 0 spiro atoms. The van der Waals surface area contributed by atoms with Gasteiger partial charge in [-0.05, 0) is 32.0 Å². The molecule has 5 nitrogen and oxygen atoms in total. The number of carbonyl (C=O) groups excluding carboxylic acids is 2. The van der Waals surface area contributed by atoms with Crippen LogP contribution < -0.4 is 10.1 Å². The zero-order chi connectivity index (χ0) is 19.1. The summed E-state index contributed by atoms with van der Waals surface area (Å²) in [5, 5.41) is 2.95. The fourth-order valence-electron chi connectivity index (χ4n) is 3.49. The van der Waals surface area contributed by atoms with Crippen molar-refractivity contribution in [3.05, 3.63) is 65.7 Å². The number of para-hydroxylation sites is 1. The first kappa shape index (κ1) is 19.1. The van der Waals surface area contributed by atoms with Gasteiger partial charge in [0.25, 0.3) is 0 Å². The molecule has 0 bridgehead atoms. The molecule has 1 amide bonds. The van der Waals surface area contributed by atoms with Crippen molar-refractivity contribution < 1.29 is 14.3 Å². The number of benzene rings is 2. The molecule has 1 heterocycles. The Morgan fingerprint density at radius 1 is 1.04 bits per heavy atom. The van der Waals surface area contributed by atoms with Crippen LogP contribution >= 0.6 is 0 Å². The molecule has 3 rings (SSSR count). The molecule has 2 aromatic carbocycles. The second-order valence-electron chi connectivity index (χ2n) is 6.87. The number of piperidine rings is 1. The van der Waals surface area contributed by atoms with Gasteiger partial charge in [0.2, 0.25) is 5.91 Å². The first-order valence-corrected chi connectivity index (χ1v) is 9.37. The lowest BCUT2D eigenvalue weighted by Gasteiger charge is -2.30. The number of rotatable bonds is 7. The van der Waals surface area contributed by atoms with Gasteiger partial charge < -0.3 is 10.1 Å². The first-order valence-electron chi connectivity index (χ1n) is 9.37. The molecule has 1 N–H and O–H groups in total. The third-order valence-electron chi connectivity index (χ3n) is 5.05. The maximum atomic E-state index is 12.5. The summed E-state index contributed by atoms with van der Waals surface area (Å²) in [6.07, 6.45) is 1.60. The maximum Gasteiger partial charge on any atom is 0.234 e. The Hall–Kier alpha value is -2.66. The van der Waals surface area contributed by atoms with Crippen LogP contribution in [0.4, 0.5) is 0 Å². The van der Waals surface area contributed by atoms with Crippen molar-refractivity contribution in [3.8, 4) is 5.75 Å². The van der Waals surface area contributed by atoms with Crippen LogP contribution in [0.3, 0.4) is 0 Å². The van der Waals surface area contributed by atoms with E-state index in [9.17, 15) is 9.59 Å². The van der Waals surface area contributed by atoms with Crippen molar-refractivity contribution in [2.45, 2.75) is 19.4 Å². The summed E-state index contributed by atoms with van der Waals surface area (Å²) in [5.41, 5.74) is 1.74. The van der Waals surface area contributed by atoms with E-state index >= 15 is 0 Å². The topological polar surface area (TPSA) is 58.6 Å². The number of hydrogen-bond acceptors (Lipinski definition) is 4. The average Bonchev–Trinajstić information content (AvgIpc) is 2.73. The number of methoxy groups -OCH3 is 1. The standard InChI is InChI=1S/C22H26N2O3/c1-27-20-10-6-5-9-19(20)15-23-21(25)16-24-13-11-18(12-14-24)22(26)17-7-3-2-4-8-17/h2-10,18H,11-16H2,1H3,(H,23,25). The molecule has 1 saturated heterocycles. The lowest BCUT2D eigenvalue weighted by Crippen LogP contribution is -2.42. The minimum atomic E-state index is -0.00579. The molecule has 0 unspecified atom stereocenters. The molecule has 0 radical (unpaired) electrons. The molecule has 142 valence electrons. The molecule has 1 fully saturated rings. The minimum absolute atomic E-state index is 0.00579. The number of ketones is 1. The predicted molar refractivity (Wildman–Crippen MR) is 105 cm³/mol. The average molecular weight is 366 g/mol. The van der Waals surface area contributed by atoms with E-state index in [-0.39, 0.29) is 17.6 Å². The van der Waals surface area contributed by atoms with Gasteiger partial charge in [0.1, 0.15) is 5.75 Å². The van der Waals surface area contributed by atoms with E-state index in [1.807, 2.05) is 54.6 Å². The highest BCUT2D eigenvalue weighted by atomic mass is 16.5. The van der Waals surface area contributed by atoms with Crippen LogP contribution in [0.5, 0.6) is 5.75 Å². The van der Waals surface area contributed by atoms with Gasteiger partial charge in [-0.15, -0.1) is 0 Å². The molecule has 0 aromatic heterocycles. The van der Waals surface area contributed by atoms with Gasteiger partial charge >= 0.3 is 0 Å². The number of nitrogens with one attached hydrogen (secondary N) is 1. The Labute approximate surface area is 160 Å². The summed E-state index contributed by atoms with van der Waals surface area (Å²) in [6, 6.07) is 17.1. The summed E-state index contributed by atoms with van der Waals surface area (Å²) in [4.78, 5) is 26.9. The summed E-state index contributed by atoms with van der Waals surface area (Å²) in [6.45, 7) is 2.35. The number of amides is 1. The SMILES string of the molecule is COc1ccccc1CNC(=O)CN1CCC(C(=O)c2ccccc2)CC1. The Balaban J connectivity index is 1.43. The highest BCUT2D eigenvalue weighted by molar-refractivity contribution is 5.97. The number of carbonyl (C=O) groups is 2. The number of hydrogen-bond donors (Lipinski definition) is 1. The van der Waals surface area contributed by atoms with Crippen molar-refractivity contribution in [1.82, 2.24) is 10.2 Å². The first-order chi connectivity index (χ1) is 13.2. The number of nitrogens with zero attached hydrogens (tertiary/aromatic N) is 1. The summed E-state index contributed by atoms with van der Waals surface area (Å²) in [7, 11) is 1.63. The number of Topliss-reactive ketones (excluding diaryl/α,β-unsaturated/α-hetero) is 1. The monoisotopic (exact) mass is 366 g/mol. The fraction of sp³-hybridized carbons (Fsp3) is 0.364. The second kappa shape index (κ2) is 9.33. The second-order valence-corrected chi connectivity index (χ2v) is 6.87. The predicted octanol–water partition coefficient (Wildman–Crippen LogP) is 2.91. The van der Waals surface area contributed by atoms with E-state index in [4.69, 9.17) is 4.74 Å². The van der Waals surface area contributed by atoms with Gasteiger partial charge in [0, 0.05) is 23.6 Å². The van der Waals surface area contributed by atoms with Gasteiger partial charge in [-0.1, -0.05) is 48.5 Å². The zero-order valence-corrected chi connectivity index (χ0v) is 15.7.